The molecule has 0 aliphatic rings. The van der Waals surface area contributed by atoms with Gasteiger partial charge in [-0.1, -0.05) is 23.7 Å². The summed E-state index contributed by atoms with van der Waals surface area (Å²) in [6.07, 6.45) is 0. The van der Waals surface area contributed by atoms with Crippen LogP contribution < -0.4 is 5.32 Å². The van der Waals surface area contributed by atoms with Crippen molar-refractivity contribution in [2.45, 2.75) is 18.8 Å². The second-order valence-electron chi connectivity index (χ2n) is 2.96. The molecule has 1 amide bonds. The summed E-state index contributed by atoms with van der Waals surface area (Å²) in [5, 5.41) is 2.89. The molecule has 0 aliphatic heterocycles. The number of halogens is 2. The standard InChI is InChI=1S/C10H11Cl2NO/c1-7(11)10(14)13-6-8-2-4-9(12)5-3-8/h2-5,7H,6H2,1H3,(H,13,14). The second-order valence-corrected chi connectivity index (χ2v) is 4.05. The molecule has 0 aliphatic carbocycles. The SMILES string of the molecule is CC(Cl)C(=O)NCc1ccc(Cl)cc1. The Bertz CT molecular complexity index is 308. The van der Waals surface area contributed by atoms with Gasteiger partial charge in [-0.25, -0.2) is 0 Å². The van der Waals surface area contributed by atoms with Gasteiger partial charge < -0.3 is 5.32 Å². The van der Waals surface area contributed by atoms with Crippen molar-refractivity contribution in [1.82, 2.24) is 5.32 Å². The highest BCUT2D eigenvalue weighted by Crippen LogP contribution is 2.09. The summed E-state index contributed by atoms with van der Waals surface area (Å²) < 4.78 is 0. The van der Waals surface area contributed by atoms with Gasteiger partial charge in [0.15, 0.2) is 0 Å². The molecular weight excluding hydrogens is 221 g/mol. The first-order valence-electron chi connectivity index (χ1n) is 4.26. The third-order valence-electron chi connectivity index (χ3n) is 1.74. The topological polar surface area (TPSA) is 29.1 Å². The lowest BCUT2D eigenvalue weighted by Gasteiger charge is -2.06. The Morgan fingerprint density at radius 3 is 2.50 bits per heavy atom. The summed E-state index contributed by atoms with van der Waals surface area (Å²) in [5.41, 5.74) is 1.00. The number of amides is 1. The molecule has 0 heterocycles. The molecule has 14 heavy (non-hydrogen) atoms. The van der Waals surface area contributed by atoms with E-state index in [4.69, 9.17) is 23.2 Å². The molecule has 1 atom stereocenters. The highest BCUT2D eigenvalue weighted by atomic mass is 35.5. The van der Waals surface area contributed by atoms with Crippen molar-refractivity contribution >= 4 is 29.1 Å². The van der Waals surface area contributed by atoms with E-state index in [1.165, 1.54) is 0 Å². The number of hydrogen-bond donors (Lipinski definition) is 1. The van der Waals surface area contributed by atoms with E-state index in [1.807, 2.05) is 12.1 Å². The minimum Gasteiger partial charge on any atom is -0.351 e. The van der Waals surface area contributed by atoms with Crippen LogP contribution in [-0.2, 0) is 11.3 Å². The van der Waals surface area contributed by atoms with Gasteiger partial charge in [-0.3, -0.25) is 4.79 Å². The van der Waals surface area contributed by atoms with E-state index in [9.17, 15) is 4.79 Å². The first-order chi connectivity index (χ1) is 6.59. The average Bonchev–Trinajstić information content (AvgIpc) is 2.16. The monoisotopic (exact) mass is 231 g/mol. The normalized spacial score (nSPS) is 12.2. The highest BCUT2D eigenvalue weighted by Gasteiger charge is 2.07. The predicted molar refractivity (Wildman–Crippen MR) is 58.6 cm³/mol. The van der Waals surface area contributed by atoms with Gasteiger partial charge in [-0.2, -0.15) is 0 Å². The van der Waals surface area contributed by atoms with Crippen LogP contribution in [0.15, 0.2) is 24.3 Å². The molecule has 2 nitrogen and oxygen atoms in total. The predicted octanol–water partition coefficient (Wildman–Crippen LogP) is 2.58. The number of benzene rings is 1. The van der Waals surface area contributed by atoms with E-state index in [-0.39, 0.29) is 5.91 Å². The Morgan fingerprint density at radius 2 is 2.00 bits per heavy atom. The molecule has 1 aromatic carbocycles. The largest absolute Gasteiger partial charge is 0.351 e. The van der Waals surface area contributed by atoms with Gasteiger partial charge in [0.1, 0.15) is 5.38 Å². The van der Waals surface area contributed by atoms with Crippen molar-refractivity contribution < 1.29 is 4.79 Å². The summed E-state index contributed by atoms with van der Waals surface area (Å²) in [6.45, 7) is 2.12. The molecule has 0 saturated carbocycles. The third-order valence-corrected chi connectivity index (χ3v) is 2.19. The van der Waals surface area contributed by atoms with Gasteiger partial charge >= 0.3 is 0 Å². The highest BCUT2D eigenvalue weighted by molar-refractivity contribution is 6.30. The maximum Gasteiger partial charge on any atom is 0.238 e. The van der Waals surface area contributed by atoms with Crippen LogP contribution in [0, 0.1) is 0 Å². The lowest BCUT2D eigenvalue weighted by Crippen LogP contribution is -2.28. The Hall–Kier alpha value is -0.730. The van der Waals surface area contributed by atoms with Crippen LogP contribution in [0.25, 0.3) is 0 Å². The van der Waals surface area contributed by atoms with Crippen molar-refractivity contribution in [3.63, 3.8) is 0 Å². The number of nitrogens with one attached hydrogen (secondary N) is 1. The van der Waals surface area contributed by atoms with Gasteiger partial charge in [-0.15, -0.1) is 11.6 Å². The van der Waals surface area contributed by atoms with Crippen molar-refractivity contribution in [1.29, 1.82) is 0 Å². The molecule has 0 fully saturated rings. The zero-order valence-electron chi connectivity index (χ0n) is 7.76. The van der Waals surface area contributed by atoms with Gasteiger partial charge in [0.05, 0.1) is 0 Å². The molecule has 76 valence electrons. The maximum atomic E-state index is 11.1. The fourth-order valence-corrected chi connectivity index (χ4v) is 1.14. The minimum atomic E-state index is -0.498. The molecule has 1 rings (SSSR count). The third kappa shape index (κ3) is 3.56. The van der Waals surface area contributed by atoms with Crippen LogP contribution in [0.4, 0.5) is 0 Å². The van der Waals surface area contributed by atoms with Gasteiger partial charge in [0, 0.05) is 11.6 Å². The van der Waals surface area contributed by atoms with Crippen LogP contribution in [0.3, 0.4) is 0 Å². The molecule has 0 spiro atoms. The molecule has 1 N–H and O–H groups in total. The zero-order chi connectivity index (χ0) is 10.6. The van der Waals surface area contributed by atoms with Gasteiger partial charge in [-0.05, 0) is 24.6 Å². The van der Waals surface area contributed by atoms with Crippen LogP contribution in [0.1, 0.15) is 12.5 Å². The maximum absolute atomic E-state index is 11.1. The van der Waals surface area contributed by atoms with Crippen molar-refractivity contribution in [3.8, 4) is 0 Å². The van der Waals surface area contributed by atoms with Crippen molar-refractivity contribution in [3.05, 3.63) is 34.9 Å². The van der Waals surface area contributed by atoms with E-state index in [0.29, 0.717) is 11.6 Å². The summed E-state index contributed by atoms with van der Waals surface area (Å²) in [5.74, 6) is -0.165. The number of carbonyl (C=O) groups excluding carboxylic acids is 1. The van der Waals surface area contributed by atoms with E-state index in [2.05, 4.69) is 5.32 Å². The number of alkyl halides is 1. The summed E-state index contributed by atoms with van der Waals surface area (Å²) in [6, 6.07) is 7.30. The summed E-state index contributed by atoms with van der Waals surface area (Å²) in [4.78, 5) is 11.1. The Labute approximate surface area is 93.2 Å². The van der Waals surface area contributed by atoms with E-state index in [1.54, 1.807) is 19.1 Å². The van der Waals surface area contributed by atoms with Gasteiger partial charge in [0.25, 0.3) is 0 Å². The fourth-order valence-electron chi connectivity index (χ4n) is 0.932. The second kappa shape index (κ2) is 5.23. The quantitative estimate of drug-likeness (QED) is 0.797. The zero-order valence-corrected chi connectivity index (χ0v) is 9.27. The number of carbonyl (C=O) groups is 1. The molecule has 4 heteroatoms. The molecule has 1 unspecified atom stereocenters. The molecular formula is C10H11Cl2NO. The molecule has 0 saturated heterocycles. The fraction of sp³-hybridized carbons (Fsp3) is 0.300. The van der Waals surface area contributed by atoms with E-state index in [0.717, 1.165) is 5.56 Å². The summed E-state index contributed by atoms with van der Waals surface area (Å²) in [7, 11) is 0. The Kier molecular flexibility index (Phi) is 4.23. The number of hydrogen-bond acceptors (Lipinski definition) is 1. The molecule has 0 radical (unpaired) electrons. The van der Waals surface area contributed by atoms with Crippen LogP contribution >= 0.6 is 23.2 Å². The van der Waals surface area contributed by atoms with Crippen LogP contribution in [0.5, 0.6) is 0 Å². The van der Waals surface area contributed by atoms with Crippen LogP contribution in [-0.4, -0.2) is 11.3 Å². The minimum absolute atomic E-state index is 0.165. The summed E-state index contributed by atoms with van der Waals surface area (Å²) >= 11 is 11.3. The smallest absolute Gasteiger partial charge is 0.238 e. The number of rotatable bonds is 3. The Balaban J connectivity index is 2.46. The lowest BCUT2D eigenvalue weighted by molar-refractivity contribution is -0.120. The lowest BCUT2D eigenvalue weighted by atomic mass is 10.2. The van der Waals surface area contributed by atoms with Gasteiger partial charge in [0.2, 0.25) is 5.91 Å². The van der Waals surface area contributed by atoms with Crippen molar-refractivity contribution in [2.75, 3.05) is 0 Å². The van der Waals surface area contributed by atoms with Crippen LogP contribution in [0.2, 0.25) is 5.02 Å². The van der Waals surface area contributed by atoms with E-state index >= 15 is 0 Å². The molecule has 1 aromatic rings. The molecule has 0 bridgehead atoms. The average molecular weight is 232 g/mol. The van der Waals surface area contributed by atoms with E-state index < -0.39 is 5.38 Å². The first kappa shape index (κ1) is 11.3. The Morgan fingerprint density at radius 1 is 1.43 bits per heavy atom. The first-order valence-corrected chi connectivity index (χ1v) is 5.07. The van der Waals surface area contributed by atoms with Crippen molar-refractivity contribution in [2.24, 2.45) is 0 Å². The molecule has 0 aromatic heterocycles.